The van der Waals surface area contributed by atoms with E-state index in [2.05, 4.69) is 20.3 Å². The van der Waals surface area contributed by atoms with Crippen LogP contribution in [0.2, 0.25) is 0 Å². The Morgan fingerprint density at radius 3 is 2.11 bits per heavy atom. The van der Waals surface area contributed by atoms with E-state index in [0.717, 1.165) is 10.2 Å². The largest absolute Gasteiger partial charge is 0.419 e. The zero-order chi connectivity index (χ0) is 19.7. The Kier molecular flexibility index (Phi) is 4.84. The summed E-state index contributed by atoms with van der Waals surface area (Å²) in [5.41, 5.74) is 1.50. The van der Waals surface area contributed by atoms with E-state index in [-0.39, 0.29) is 5.82 Å². The zero-order valence-electron chi connectivity index (χ0n) is 13.5. The van der Waals surface area contributed by atoms with Crippen molar-refractivity contribution in [1.29, 1.82) is 0 Å². The van der Waals surface area contributed by atoms with Gasteiger partial charge >= 0.3 is 5.97 Å². The maximum Gasteiger partial charge on any atom is 0.333 e. The van der Waals surface area contributed by atoms with Crippen LogP contribution >= 0.6 is 0 Å². The summed E-state index contributed by atoms with van der Waals surface area (Å²) in [5.74, 6) is -14.2. The third-order valence-electron chi connectivity index (χ3n) is 3.51. The maximum absolute atomic E-state index is 13.6. The first-order valence-corrected chi connectivity index (χ1v) is 7.35. The highest BCUT2D eigenvalue weighted by Crippen LogP contribution is 2.29. The average Bonchev–Trinajstić information content (AvgIpc) is 3.10. The van der Waals surface area contributed by atoms with E-state index < -0.39 is 47.3 Å². The number of ether oxygens (including phenoxy) is 1. The quantitative estimate of drug-likeness (QED) is 0.227. The van der Waals surface area contributed by atoms with Gasteiger partial charge in [0.2, 0.25) is 34.8 Å². The standard InChI is InChI=1S/C16H9F5N4O2/c1-7-2-4-8(5-3-7)16-22-23-24-25(16)6-9(26)27-15-13(20)11(18)10(17)12(19)14(15)21/h2-5H,6H2,1H3. The Labute approximate surface area is 148 Å². The molecule has 0 saturated carbocycles. The predicted molar refractivity (Wildman–Crippen MR) is 79.9 cm³/mol. The number of carbonyl (C=O) groups excluding carboxylic acids is 1. The molecule has 0 saturated heterocycles. The molecule has 27 heavy (non-hydrogen) atoms. The molecule has 0 bridgehead atoms. The Balaban J connectivity index is 1.85. The number of aryl methyl sites for hydroxylation is 1. The minimum atomic E-state index is -2.35. The zero-order valence-corrected chi connectivity index (χ0v) is 13.5. The molecule has 0 aliphatic rings. The normalized spacial score (nSPS) is 10.9. The summed E-state index contributed by atoms with van der Waals surface area (Å²) >= 11 is 0. The second-order valence-corrected chi connectivity index (χ2v) is 5.40. The van der Waals surface area contributed by atoms with E-state index in [0.29, 0.717) is 5.56 Å². The Morgan fingerprint density at radius 1 is 0.963 bits per heavy atom. The first kappa shape index (κ1) is 18.4. The van der Waals surface area contributed by atoms with Crippen LogP contribution in [-0.2, 0) is 11.3 Å². The topological polar surface area (TPSA) is 69.9 Å². The van der Waals surface area contributed by atoms with Gasteiger partial charge in [-0.05, 0) is 17.4 Å². The van der Waals surface area contributed by atoms with E-state index >= 15 is 0 Å². The Morgan fingerprint density at radius 2 is 1.52 bits per heavy atom. The van der Waals surface area contributed by atoms with Crippen molar-refractivity contribution in [2.75, 3.05) is 0 Å². The van der Waals surface area contributed by atoms with Crippen molar-refractivity contribution >= 4 is 5.97 Å². The van der Waals surface area contributed by atoms with Gasteiger partial charge in [0.25, 0.3) is 0 Å². The van der Waals surface area contributed by atoms with Gasteiger partial charge in [0.1, 0.15) is 6.54 Å². The molecule has 0 aliphatic carbocycles. The number of benzene rings is 2. The van der Waals surface area contributed by atoms with Crippen molar-refractivity contribution in [3.05, 3.63) is 58.9 Å². The van der Waals surface area contributed by atoms with E-state index in [1.807, 2.05) is 6.92 Å². The lowest BCUT2D eigenvalue weighted by Gasteiger charge is -2.09. The molecule has 0 unspecified atom stereocenters. The molecule has 1 aromatic heterocycles. The molecule has 3 aromatic rings. The van der Waals surface area contributed by atoms with E-state index in [9.17, 15) is 26.7 Å². The van der Waals surface area contributed by atoms with Crippen molar-refractivity contribution in [3.63, 3.8) is 0 Å². The van der Waals surface area contributed by atoms with Crippen LogP contribution < -0.4 is 4.74 Å². The van der Waals surface area contributed by atoms with Gasteiger partial charge < -0.3 is 4.74 Å². The second-order valence-electron chi connectivity index (χ2n) is 5.40. The van der Waals surface area contributed by atoms with E-state index in [1.165, 1.54) is 0 Å². The number of nitrogens with zero attached hydrogens (tertiary/aromatic N) is 4. The summed E-state index contributed by atoms with van der Waals surface area (Å²) in [7, 11) is 0. The maximum atomic E-state index is 13.6. The molecule has 2 aromatic carbocycles. The number of aromatic nitrogens is 4. The number of tetrazole rings is 1. The van der Waals surface area contributed by atoms with Crippen LogP contribution in [0.15, 0.2) is 24.3 Å². The van der Waals surface area contributed by atoms with Crippen molar-refractivity contribution in [2.24, 2.45) is 0 Å². The lowest BCUT2D eigenvalue weighted by molar-refractivity contribution is -0.135. The first-order valence-electron chi connectivity index (χ1n) is 7.35. The van der Waals surface area contributed by atoms with Crippen LogP contribution in [0, 0.1) is 36.0 Å². The molecule has 3 rings (SSSR count). The highest BCUT2D eigenvalue weighted by Gasteiger charge is 2.29. The van der Waals surface area contributed by atoms with E-state index in [4.69, 9.17) is 0 Å². The molecule has 1 heterocycles. The number of hydrogen-bond donors (Lipinski definition) is 0. The number of rotatable bonds is 4. The Hall–Kier alpha value is -3.37. The number of hydrogen-bond acceptors (Lipinski definition) is 5. The third kappa shape index (κ3) is 3.48. The second kappa shape index (κ2) is 7.09. The molecule has 0 fully saturated rings. The minimum Gasteiger partial charge on any atom is -0.419 e. The minimum absolute atomic E-state index is 0.143. The van der Waals surface area contributed by atoms with Crippen LogP contribution in [0.3, 0.4) is 0 Å². The fraction of sp³-hybridized carbons (Fsp3) is 0.125. The number of esters is 1. The van der Waals surface area contributed by atoms with Crippen molar-refractivity contribution in [1.82, 2.24) is 20.2 Å². The third-order valence-corrected chi connectivity index (χ3v) is 3.51. The first-order chi connectivity index (χ1) is 12.8. The Bertz CT molecular complexity index is 991. The van der Waals surface area contributed by atoms with Gasteiger partial charge in [0.15, 0.2) is 5.82 Å². The summed E-state index contributed by atoms with van der Waals surface area (Å²) in [6, 6.07) is 6.88. The van der Waals surface area contributed by atoms with Crippen molar-refractivity contribution in [2.45, 2.75) is 13.5 Å². The van der Waals surface area contributed by atoms with Crippen LogP contribution in [0.5, 0.6) is 5.75 Å². The average molecular weight is 384 g/mol. The molecular weight excluding hydrogens is 375 g/mol. The summed E-state index contributed by atoms with van der Waals surface area (Å²) in [5, 5.41) is 10.7. The SMILES string of the molecule is Cc1ccc(-c2nnnn2CC(=O)Oc2c(F)c(F)c(F)c(F)c2F)cc1. The van der Waals surface area contributed by atoms with Crippen LogP contribution in [-0.4, -0.2) is 26.2 Å². The fourth-order valence-electron chi connectivity index (χ4n) is 2.16. The molecule has 0 spiro atoms. The molecule has 0 amide bonds. The summed E-state index contributed by atoms with van der Waals surface area (Å²) < 4.78 is 71.8. The molecule has 0 atom stereocenters. The molecule has 140 valence electrons. The molecule has 11 heteroatoms. The lowest BCUT2D eigenvalue weighted by Crippen LogP contribution is -2.20. The smallest absolute Gasteiger partial charge is 0.333 e. The van der Waals surface area contributed by atoms with Crippen LogP contribution in [0.25, 0.3) is 11.4 Å². The summed E-state index contributed by atoms with van der Waals surface area (Å²) in [6.45, 7) is 1.13. The van der Waals surface area contributed by atoms with Crippen molar-refractivity contribution < 1.29 is 31.5 Å². The number of halogens is 5. The van der Waals surface area contributed by atoms with Gasteiger partial charge in [0.05, 0.1) is 0 Å². The van der Waals surface area contributed by atoms with Gasteiger partial charge in [-0.3, -0.25) is 0 Å². The molecule has 6 nitrogen and oxygen atoms in total. The van der Waals surface area contributed by atoms with Gasteiger partial charge in [-0.2, -0.15) is 8.78 Å². The molecule has 0 N–H and O–H groups in total. The number of carbonyl (C=O) groups is 1. The monoisotopic (exact) mass is 384 g/mol. The predicted octanol–water partition coefficient (Wildman–Crippen LogP) is 2.95. The lowest BCUT2D eigenvalue weighted by atomic mass is 10.1. The van der Waals surface area contributed by atoms with Crippen molar-refractivity contribution in [3.8, 4) is 17.1 Å². The highest BCUT2D eigenvalue weighted by atomic mass is 19.2. The van der Waals surface area contributed by atoms with Gasteiger partial charge in [-0.1, -0.05) is 29.8 Å². The summed E-state index contributed by atoms with van der Waals surface area (Å²) in [6.07, 6.45) is 0. The fourth-order valence-corrected chi connectivity index (χ4v) is 2.16. The van der Waals surface area contributed by atoms with Crippen LogP contribution in [0.4, 0.5) is 22.0 Å². The highest BCUT2D eigenvalue weighted by molar-refractivity contribution is 5.73. The molecule has 0 aliphatic heterocycles. The molecular formula is C16H9F5N4O2. The van der Waals surface area contributed by atoms with Crippen LogP contribution in [0.1, 0.15) is 5.56 Å². The van der Waals surface area contributed by atoms with Gasteiger partial charge in [-0.15, -0.1) is 5.10 Å². The summed E-state index contributed by atoms with van der Waals surface area (Å²) in [4.78, 5) is 11.9. The van der Waals surface area contributed by atoms with Gasteiger partial charge in [-0.25, -0.2) is 22.6 Å². The molecule has 0 radical (unpaired) electrons. The van der Waals surface area contributed by atoms with E-state index in [1.54, 1.807) is 24.3 Å². The van der Waals surface area contributed by atoms with Gasteiger partial charge in [0, 0.05) is 5.56 Å².